The molecule has 0 radical (unpaired) electrons. The number of rotatable bonds is 6. The first-order chi connectivity index (χ1) is 27.2. The van der Waals surface area contributed by atoms with Crippen molar-refractivity contribution < 1.29 is 0 Å². The van der Waals surface area contributed by atoms with E-state index < -0.39 is 0 Å². The lowest BCUT2D eigenvalue weighted by Gasteiger charge is -2.26. The normalized spacial score (nSPS) is 11.6. The van der Waals surface area contributed by atoms with Gasteiger partial charge in [0.2, 0.25) is 0 Å². The molecule has 0 fully saturated rings. The van der Waals surface area contributed by atoms with E-state index in [4.69, 9.17) is 0 Å². The maximum atomic E-state index is 2.39. The standard InChI is InChI=1S/C52H33NS2/c1-2-10-34(11-3-1)35-20-26-40(27-21-35)53(41-28-22-36(23-29-41)38-25-30-49-46(33-38)44-15-4-6-18-47(44)54-49)42-14-8-13-39(32-42)43-17-9-12-37-24-31-50-52(51(37)43)45-16-5-7-19-48(45)55-50/h1-33H. The molecule has 11 aromatic rings. The molecule has 0 atom stereocenters. The molecule has 258 valence electrons. The highest BCUT2D eigenvalue weighted by Crippen LogP contribution is 2.44. The molecule has 1 nitrogen and oxygen atoms in total. The Labute approximate surface area is 327 Å². The monoisotopic (exact) mass is 735 g/mol. The fourth-order valence-corrected chi connectivity index (χ4v) is 10.4. The van der Waals surface area contributed by atoms with E-state index in [0.29, 0.717) is 0 Å². The maximum absolute atomic E-state index is 2.39. The van der Waals surface area contributed by atoms with Crippen molar-refractivity contribution in [2.24, 2.45) is 0 Å². The topological polar surface area (TPSA) is 3.24 Å². The van der Waals surface area contributed by atoms with E-state index in [9.17, 15) is 0 Å². The molecule has 55 heavy (non-hydrogen) atoms. The van der Waals surface area contributed by atoms with Gasteiger partial charge in [0.25, 0.3) is 0 Å². The second-order valence-electron chi connectivity index (χ2n) is 14.1. The molecule has 11 rings (SSSR count). The molecular weight excluding hydrogens is 703 g/mol. The number of thiophene rings is 2. The van der Waals surface area contributed by atoms with E-state index in [0.717, 1.165) is 17.1 Å². The summed E-state index contributed by atoms with van der Waals surface area (Å²) in [6.07, 6.45) is 0. The van der Waals surface area contributed by atoms with Crippen molar-refractivity contribution in [2.75, 3.05) is 4.90 Å². The Morgan fingerprint density at radius 3 is 1.64 bits per heavy atom. The van der Waals surface area contributed by atoms with Crippen LogP contribution in [0.1, 0.15) is 0 Å². The van der Waals surface area contributed by atoms with Gasteiger partial charge in [-0.3, -0.25) is 0 Å². The summed E-state index contributed by atoms with van der Waals surface area (Å²) in [4.78, 5) is 2.39. The van der Waals surface area contributed by atoms with E-state index in [1.54, 1.807) is 0 Å². The highest BCUT2D eigenvalue weighted by atomic mass is 32.1. The molecule has 0 aliphatic carbocycles. The largest absolute Gasteiger partial charge is 0.310 e. The van der Waals surface area contributed by atoms with Gasteiger partial charge in [0.15, 0.2) is 0 Å². The van der Waals surface area contributed by atoms with Crippen molar-refractivity contribution in [1.82, 2.24) is 0 Å². The van der Waals surface area contributed by atoms with Crippen molar-refractivity contribution in [2.45, 2.75) is 0 Å². The van der Waals surface area contributed by atoms with Crippen LogP contribution < -0.4 is 4.90 Å². The Morgan fingerprint density at radius 2 is 0.855 bits per heavy atom. The second kappa shape index (κ2) is 13.1. The minimum absolute atomic E-state index is 1.11. The van der Waals surface area contributed by atoms with Crippen molar-refractivity contribution in [3.8, 4) is 33.4 Å². The number of hydrogen-bond acceptors (Lipinski definition) is 3. The molecule has 2 aromatic heterocycles. The van der Waals surface area contributed by atoms with E-state index in [1.165, 1.54) is 84.5 Å². The smallest absolute Gasteiger partial charge is 0.0467 e. The molecule has 0 spiro atoms. The summed E-state index contributed by atoms with van der Waals surface area (Å²) in [7, 11) is 0. The van der Waals surface area contributed by atoms with Crippen LogP contribution >= 0.6 is 22.7 Å². The quantitative estimate of drug-likeness (QED) is 0.164. The number of hydrogen-bond donors (Lipinski definition) is 0. The number of benzene rings is 9. The first-order valence-electron chi connectivity index (χ1n) is 18.7. The number of fused-ring (bicyclic) bond motifs is 8. The highest BCUT2D eigenvalue weighted by molar-refractivity contribution is 7.26. The van der Waals surface area contributed by atoms with Crippen LogP contribution in [0.2, 0.25) is 0 Å². The first-order valence-corrected chi connectivity index (χ1v) is 20.3. The zero-order valence-electron chi connectivity index (χ0n) is 29.8. The van der Waals surface area contributed by atoms with Crippen LogP contribution in [0.5, 0.6) is 0 Å². The van der Waals surface area contributed by atoms with Gasteiger partial charge in [0.1, 0.15) is 0 Å². The van der Waals surface area contributed by atoms with Crippen molar-refractivity contribution in [3.63, 3.8) is 0 Å². The van der Waals surface area contributed by atoms with Gasteiger partial charge in [-0.05, 0) is 111 Å². The van der Waals surface area contributed by atoms with Crippen LogP contribution in [0, 0.1) is 0 Å². The minimum atomic E-state index is 1.11. The summed E-state index contributed by atoms with van der Waals surface area (Å²) < 4.78 is 5.30. The summed E-state index contributed by atoms with van der Waals surface area (Å²) >= 11 is 3.74. The molecule has 0 saturated heterocycles. The third kappa shape index (κ3) is 5.51. The Hall–Kier alpha value is -6.52. The lowest BCUT2D eigenvalue weighted by Crippen LogP contribution is -2.10. The van der Waals surface area contributed by atoms with Gasteiger partial charge in [0.05, 0.1) is 0 Å². The highest BCUT2D eigenvalue weighted by Gasteiger charge is 2.17. The second-order valence-corrected chi connectivity index (χ2v) is 16.3. The van der Waals surface area contributed by atoms with E-state index >= 15 is 0 Å². The minimum Gasteiger partial charge on any atom is -0.310 e. The molecule has 9 aromatic carbocycles. The zero-order valence-corrected chi connectivity index (χ0v) is 31.4. The molecule has 3 heteroatoms. The molecule has 0 saturated carbocycles. The summed E-state index contributed by atoms with van der Waals surface area (Å²) in [5.74, 6) is 0. The average Bonchev–Trinajstić information content (AvgIpc) is 3.83. The average molecular weight is 736 g/mol. The Kier molecular flexibility index (Phi) is 7.61. The van der Waals surface area contributed by atoms with Gasteiger partial charge in [-0.1, -0.05) is 133 Å². The van der Waals surface area contributed by atoms with Crippen LogP contribution in [-0.4, -0.2) is 0 Å². The fourth-order valence-electron chi connectivity index (χ4n) is 8.24. The summed E-state index contributed by atoms with van der Waals surface area (Å²) in [5.41, 5.74) is 10.6. The number of anilines is 3. The van der Waals surface area contributed by atoms with E-state index in [1.807, 2.05) is 22.7 Å². The number of nitrogens with zero attached hydrogens (tertiary/aromatic N) is 1. The van der Waals surface area contributed by atoms with Gasteiger partial charge in [-0.25, -0.2) is 0 Å². The van der Waals surface area contributed by atoms with Crippen LogP contribution in [0.25, 0.3) is 84.5 Å². The molecule has 0 aliphatic rings. The molecule has 0 bridgehead atoms. The predicted octanol–water partition coefficient (Wildman–Crippen LogP) is 16.0. The lowest BCUT2D eigenvalue weighted by molar-refractivity contribution is 1.28. The molecule has 0 N–H and O–H groups in total. The van der Waals surface area contributed by atoms with Crippen molar-refractivity contribution in [3.05, 3.63) is 200 Å². The molecule has 0 aliphatic heterocycles. The van der Waals surface area contributed by atoms with Gasteiger partial charge in [-0.2, -0.15) is 0 Å². The van der Waals surface area contributed by atoms with E-state index in [2.05, 4.69) is 205 Å². The summed E-state index contributed by atoms with van der Waals surface area (Å²) in [6.45, 7) is 0. The zero-order chi connectivity index (χ0) is 36.3. The van der Waals surface area contributed by atoms with Gasteiger partial charge >= 0.3 is 0 Å². The molecule has 0 amide bonds. The lowest BCUT2D eigenvalue weighted by atomic mass is 9.94. The summed E-state index contributed by atoms with van der Waals surface area (Å²) in [6, 6.07) is 73.4. The van der Waals surface area contributed by atoms with Crippen molar-refractivity contribution >= 4 is 90.9 Å². The van der Waals surface area contributed by atoms with Crippen LogP contribution in [-0.2, 0) is 0 Å². The van der Waals surface area contributed by atoms with Crippen LogP contribution in [0.4, 0.5) is 17.1 Å². The molecule has 0 unspecified atom stereocenters. The molecular formula is C52H33NS2. The van der Waals surface area contributed by atoms with Gasteiger partial charge in [-0.15, -0.1) is 22.7 Å². The SMILES string of the molecule is c1ccc(-c2ccc(N(c3ccc(-c4ccc5sc6ccccc6c5c4)cc3)c3cccc(-c4cccc5ccc6sc7ccccc7c6c45)c3)cc2)cc1. The first kappa shape index (κ1) is 32.0. The maximum Gasteiger partial charge on any atom is 0.0467 e. The van der Waals surface area contributed by atoms with Crippen molar-refractivity contribution in [1.29, 1.82) is 0 Å². The Morgan fingerprint density at radius 1 is 0.291 bits per heavy atom. The fraction of sp³-hybridized carbons (Fsp3) is 0. The summed E-state index contributed by atoms with van der Waals surface area (Å²) in [5, 5.41) is 7.88. The third-order valence-corrected chi connectivity index (χ3v) is 13.2. The Bertz CT molecular complexity index is 3190. The van der Waals surface area contributed by atoms with Crippen LogP contribution in [0.15, 0.2) is 200 Å². The van der Waals surface area contributed by atoms with Gasteiger partial charge < -0.3 is 4.90 Å². The van der Waals surface area contributed by atoms with Crippen LogP contribution in [0.3, 0.4) is 0 Å². The Balaban J connectivity index is 1.04. The van der Waals surface area contributed by atoms with E-state index in [-0.39, 0.29) is 0 Å². The predicted molar refractivity (Wildman–Crippen MR) is 241 cm³/mol. The third-order valence-electron chi connectivity index (χ3n) is 10.9. The van der Waals surface area contributed by atoms with Gasteiger partial charge in [0, 0.05) is 57.4 Å². The molecule has 2 heterocycles.